The van der Waals surface area contributed by atoms with Crippen LogP contribution in [0.25, 0.3) is 0 Å². The summed E-state index contributed by atoms with van der Waals surface area (Å²) in [6, 6.07) is 9.01. The quantitative estimate of drug-likeness (QED) is 0.879. The highest BCUT2D eigenvalue weighted by Gasteiger charge is 2.30. The number of nitrogens with zero attached hydrogens (tertiary/aromatic N) is 1. The molecule has 1 heterocycles. The zero-order valence-electron chi connectivity index (χ0n) is 12.7. The Balaban J connectivity index is 2.28. The third-order valence-corrected chi connectivity index (χ3v) is 4.55. The Labute approximate surface area is 128 Å². The van der Waals surface area contributed by atoms with Gasteiger partial charge in [0, 0.05) is 11.1 Å². The van der Waals surface area contributed by atoms with Crippen LogP contribution >= 0.6 is 11.6 Å². The molecular weight excluding hydrogens is 268 g/mol. The van der Waals surface area contributed by atoms with Crippen LogP contribution in [0.2, 0.25) is 5.02 Å². The minimum Gasteiger partial charge on any atom is -0.319 e. The Kier molecular flexibility index (Phi) is 6.34. The summed E-state index contributed by atoms with van der Waals surface area (Å²) >= 11 is 6.05. The maximum atomic E-state index is 6.05. The average Bonchev–Trinajstić information content (AvgIpc) is 2.64. The number of hydrogen-bond acceptors (Lipinski definition) is 2. The lowest BCUT2D eigenvalue weighted by molar-refractivity contribution is 0.154. The zero-order chi connectivity index (χ0) is 14.4. The van der Waals surface area contributed by atoms with Crippen molar-refractivity contribution >= 4 is 11.6 Å². The number of halogens is 1. The van der Waals surface area contributed by atoms with Gasteiger partial charge in [-0.05, 0) is 69.6 Å². The summed E-state index contributed by atoms with van der Waals surface area (Å²) in [6.45, 7) is 5.78. The lowest BCUT2D eigenvalue weighted by atomic mass is 9.89. The van der Waals surface area contributed by atoms with Gasteiger partial charge in [-0.3, -0.25) is 4.90 Å². The van der Waals surface area contributed by atoms with E-state index in [0.29, 0.717) is 12.0 Å². The summed E-state index contributed by atoms with van der Waals surface area (Å²) < 4.78 is 0. The molecule has 0 saturated carbocycles. The monoisotopic (exact) mass is 294 g/mol. The van der Waals surface area contributed by atoms with Gasteiger partial charge in [-0.25, -0.2) is 0 Å². The van der Waals surface area contributed by atoms with Crippen molar-refractivity contribution in [2.45, 2.75) is 38.6 Å². The summed E-state index contributed by atoms with van der Waals surface area (Å²) in [5, 5.41) is 4.21. The van der Waals surface area contributed by atoms with E-state index in [1.54, 1.807) is 0 Å². The molecule has 1 N–H and O–H groups in total. The van der Waals surface area contributed by atoms with Gasteiger partial charge >= 0.3 is 0 Å². The molecule has 2 unspecified atom stereocenters. The van der Waals surface area contributed by atoms with Crippen molar-refractivity contribution in [3.05, 3.63) is 34.9 Å². The molecule has 1 aromatic rings. The molecule has 0 aromatic heterocycles. The highest BCUT2D eigenvalue weighted by Crippen LogP contribution is 2.35. The van der Waals surface area contributed by atoms with Crippen LogP contribution in [0.5, 0.6) is 0 Å². The van der Waals surface area contributed by atoms with Crippen molar-refractivity contribution in [2.75, 3.05) is 26.7 Å². The van der Waals surface area contributed by atoms with Gasteiger partial charge in [0.15, 0.2) is 0 Å². The minimum atomic E-state index is 0.530. The van der Waals surface area contributed by atoms with Gasteiger partial charge in [-0.2, -0.15) is 0 Å². The van der Waals surface area contributed by atoms with Gasteiger partial charge in [0.1, 0.15) is 0 Å². The molecule has 20 heavy (non-hydrogen) atoms. The summed E-state index contributed by atoms with van der Waals surface area (Å²) in [7, 11) is 2.06. The van der Waals surface area contributed by atoms with E-state index in [1.807, 2.05) is 12.1 Å². The highest BCUT2D eigenvalue weighted by atomic mass is 35.5. The van der Waals surface area contributed by atoms with E-state index in [4.69, 9.17) is 11.6 Å². The van der Waals surface area contributed by atoms with Crippen molar-refractivity contribution in [2.24, 2.45) is 5.92 Å². The van der Waals surface area contributed by atoms with Crippen LogP contribution in [0.15, 0.2) is 24.3 Å². The van der Waals surface area contributed by atoms with Gasteiger partial charge in [-0.1, -0.05) is 37.1 Å². The van der Waals surface area contributed by atoms with Gasteiger partial charge in [0.25, 0.3) is 0 Å². The van der Waals surface area contributed by atoms with Crippen LogP contribution < -0.4 is 5.32 Å². The van der Waals surface area contributed by atoms with Gasteiger partial charge < -0.3 is 5.32 Å². The first kappa shape index (κ1) is 15.8. The van der Waals surface area contributed by atoms with E-state index in [-0.39, 0.29) is 0 Å². The molecule has 2 atom stereocenters. The summed E-state index contributed by atoms with van der Waals surface area (Å²) in [5.74, 6) is 0.690. The van der Waals surface area contributed by atoms with Crippen molar-refractivity contribution in [3.63, 3.8) is 0 Å². The largest absolute Gasteiger partial charge is 0.319 e. The molecule has 1 fully saturated rings. The van der Waals surface area contributed by atoms with Crippen molar-refractivity contribution in [1.82, 2.24) is 10.2 Å². The molecule has 0 aliphatic carbocycles. The zero-order valence-corrected chi connectivity index (χ0v) is 13.5. The normalized spacial score (nSPS) is 24.6. The fraction of sp³-hybridized carbons (Fsp3) is 0.647. The van der Waals surface area contributed by atoms with E-state index in [2.05, 4.69) is 36.3 Å². The van der Waals surface area contributed by atoms with E-state index in [9.17, 15) is 0 Å². The Morgan fingerprint density at radius 3 is 2.65 bits per heavy atom. The molecule has 2 rings (SSSR count). The molecule has 0 amide bonds. The van der Waals surface area contributed by atoms with Crippen molar-refractivity contribution in [1.29, 1.82) is 0 Å². The maximum absolute atomic E-state index is 6.05. The first-order valence-corrected chi connectivity index (χ1v) is 8.28. The van der Waals surface area contributed by atoms with Crippen molar-refractivity contribution in [3.8, 4) is 0 Å². The molecule has 1 aliphatic heterocycles. The smallest absolute Gasteiger partial charge is 0.0406 e. The predicted molar refractivity (Wildman–Crippen MR) is 87.3 cm³/mol. The topological polar surface area (TPSA) is 15.3 Å². The van der Waals surface area contributed by atoms with Crippen LogP contribution in [-0.2, 0) is 0 Å². The molecule has 1 saturated heterocycles. The number of likely N-dealkylation sites (tertiary alicyclic amines) is 1. The number of hydrogen-bond donors (Lipinski definition) is 1. The Morgan fingerprint density at radius 1 is 1.25 bits per heavy atom. The van der Waals surface area contributed by atoms with Crippen LogP contribution in [0, 0.1) is 5.92 Å². The second-order valence-corrected chi connectivity index (χ2v) is 6.28. The highest BCUT2D eigenvalue weighted by molar-refractivity contribution is 6.30. The molecule has 2 nitrogen and oxygen atoms in total. The Hall–Kier alpha value is -0.570. The van der Waals surface area contributed by atoms with Gasteiger partial charge in [0.2, 0.25) is 0 Å². The lowest BCUT2D eigenvalue weighted by Crippen LogP contribution is -2.36. The molecule has 3 heteroatoms. The Morgan fingerprint density at radius 2 is 2.00 bits per heavy atom. The molecule has 0 radical (unpaired) electrons. The van der Waals surface area contributed by atoms with Crippen LogP contribution in [0.4, 0.5) is 0 Å². The SMILES string of the molecule is CCCN1CCCCC(CNC)C1c1ccc(Cl)cc1. The minimum absolute atomic E-state index is 0.530. The van der Waals surface area contributed by atoms with Gasteiger partial charge in [0.05, 0.1) is 0 Å². The van der Waals surface area contributed by atoms with E-state index in [1.165, 1.54) is 44.3 Å². The summed E-state index contributed by atoms with van der Waals surface area (Å²) in [5.41, 5.74) is 1.42. The number of rotatable bonds is 5. The third kappa shape index (κ3) is 3.97. The number of nitrogens with one attached hydrogen (secondary N) is 1. The fourth-order valence-electron chi connectivity index (χ4n) is 3.47. The molecule has 0 spiro atoms. The third-order valence-electron chi connectivity index (χ3n) is 4.30. The first-order valence-electron chi connectivity index (χ1n) is 7.90. The number of benzene rings is 1. The second kappa shape index (κ2) is 8.02. The summed E-state index contributed by atoms with van der Waals surface area (Å²) in [6.07, 6.45) is 5.20. The van der Waals surface area contributed by atoms with E-state index < -0.39 is 0 Å². The van der Waals surface area contributed by atoms with Crippen LogP contribution in [0.1, 0.15) is 44.2 Å². The molecule has 0 bridgehead atoms. The molecule has 112 valence electrons. The second-order valence-electron chi connectivity index (χ2n) is 5.85. The average molecular weight is 295 g/mol. The van der Waals surface area contributed by atoms with Crippen LogP contribution in [-0.4, -0.2) is 31.6 Å². The fourth-order valence-corrected chi connectivity index (χ4v) is 3.60. The standard InChI is InChI=1S/C17H27ClN2/c1-3-11-20-12-5-4-6-15(13-19-2)17(20)14-7-9-16(18)10-8-14/h7-10,15,17,19H,3-6,11-13H2,1-2H3. The van der Waals surface area contributed by atoms with E-state index >= 15 is 0 Å². The van der Waals surface area contributed by atoms with Gasteiger partial charge in [-0.15, -0.1) is 0 Å². The molecule has 1 aromatic carbocycles. The predicted octanol–water partition coefficient (Wildman–Crippen LogP) is 4.11. The van der Waals surface area contributed by atoms with E-state index in [0.717, 1.165) is 11.6 Å². The van der Waals surface area contributed by atoms with Crippen molar-refractivity contribution < 1.29 is 0 Å². The maximum Gasteiger partial charge on any atom is 0.0406 e. The lowest BCUT2D eigenvalue weighted by Gasteiger charge is -2.35. The molecular formula is C17H27ClN2. The summed E-state index contributed by atoms with van der Waals surface area (Å²) in [4.78, 5) is 2.68. The van der Waals surface area contributed by atoms with Crippen LogP contribution in [0.3, 0.4) is 0 Å². The first-order chi connectivity index (χ1) is 9.76. The molecule has 1 aliphatic rings. The Bertz CT molecular complexity index is 374.